The smallest absolute Gasteiger partial charge is 0.407 e. The summed E-state index contributed by atoms with van der Waals surface area (Å²) in [5.41, 5.74) is 6.27. The lowest BCUT2D eigenvalue weighted by atomic mass is 9.97. The van der Waals surface area contributed by atoms with Gasteiger partial charge in [-0.1, -0.05) is 84.9 Å². The molecule has 1 N–H and O–H groups in total. The molecule has 5 rings (SSSR count). The van der Waals surface area contributed by atoms with E-state index in [1.165, 1.54) is 17.2 Å². The summed E-state index contributed by atoms with van der Waals surface area (Å²) in [4.78, 5) is 23.7. The molecular weight excluding hydrogens is 429 g/mol. The average Bonchev–Trinajstić information content (AvgIpc) is 3.20. The second kappa shape index (κ2) is 9.32. The quantitative estimate of drug-likeness (QED) is 0.348. The predicted octanol–water partition coefficient (Wildman–Crippen LogP) is 6.34. The van der Waals surface area contributed by atoms with Gasteiger partial charge < -0.3 is 10.1 Å². The SMILES string of the molecule is O=Cc1cccc(-c2ccccc2CNC(=O)OCC2c3ccccc3-c3ccccc32)c1F. The molecule has 0 atom stereocenters. The third-order valence-corrected chi connectivity index (χ3v) is 6.23. The minimum absolute atomic E-state index is 0.00296. The lowest BCUT2D eigenvalue weighted by Gasteiger charge is -2.15. The molecular formula is C29H22FNO3. The largest absolute Gasteiger partial charge is 0.449 e. The molecule has 0 spiro atoms. The van der Waals surface area contributed by atoms with Crippen LogP contribution in [0.15, 0.2) is 91.0 Å². The first-order valence-electron chi connectivity index (χ1n) is 11.1. The predicted molar refractivity (Wildman–Crippen MR) is 129 cm³/mol. The molecule has 4 aromatic carbocycles. The normalized spacial score (nSPS) is 12.0. The maximum absolute atomic E-state index is 14.7. The molecule has 0 fully saturated rings. The van der Waals surface area contributed by atoms with E-state index in [-0.39, 0.29) is 24.6 Å². The number of carbonyl (C=O) groups excluding carboxylic acids is 2. The van der Waals surface area contributed by atoms with Crippen molar-refractivity contribution < 1.29 is 18.7 Å². The summed E-state index contributed by atoms with van der Waals surface area (Å²) < 4.78 is 20.3. The Bertz CT molecular complexity index is 1340. The fourth-order valence-corrected chi connectivity index (χ4v) is 4.60. The van der Waals surface area contributed by atoms with E-state index in [0.29, 0.717) is 17.4 Å². The van der Waals surface area contributed by atoms with E-state index in [1.54, 1.807) is 24.3 Å². The molecule has 1 amide bonds. The van der Waals surface area contributed by atoms with Crippen molar-refractivity contribution >= 4 is 12.4 Å². The van der Waals surface area contributed by atoms with Gasteiger partial charge in [-0.3, -0.25) is 4.79 Å². The van der Waals surface area contributed by atoms with Gasteiger partial charge in [0, 0.05) is 18.0 Å². The number of benzene rings is 4. The average molecular weight is 451 g/mol. The van der Waals surface area contributed by atoms with Crippen molar-refractivity contribution in [1.29, 1.82) is 0 Å². The Hall–Kier alpha value is -4.25. The number of hydrogen-bond donors (Lipinski definition) is 1. The highest BCUT2D eigenvalue weighted by Crippen LogP contribution is 2.44. The van der Waals surface area contributed by atoms with E-state index < -0.39 is 11.9 Å². The van der Waals surface area contributed by atoms with Gasteiger partial charge in [-0.05, 0) is 39.4 Å². The second-order valence-corrected chi connectivity index (χ2v) is 8.16. The number of amides is 1. The fraction of sp³-hybridized carbons (Fsp3) is 0.103. The molecule has 0 aliphatic heterocycles. The van der Waals surface area contributed by atoms with Gasteiger partial charge in [-0.15, -0.1) is 0 Å². The van der Waals surface area contributed by atoms with Crippen LogP contribution >= 0.6 is 0 Å². The first-order valence-corrected chi connectivity index (χ1v) is 11.1. The number of hydrogen-bond acceptors (Lipinski definition) is 3. The maximum atomic E-state index is 14.7. The third-order valence-electron chi connectivity index (χ3n) is 6.23. The van der Waals surface area contributed by atoms with Crippen LogP contribution in [0.2, 0.25) is 0 Å². The zero-order chi connectivity index (χ0) is 23.5. The van der Waals surface area contributed by atoms with Crippen molar-refractivity contribution in [3.8, 4) is 22.3 Å². The van der Waals surface area contributed by atoms with Crippen molar-refractivity contribution in [2.24, 2.45) is 0 Å². The van der Waals surface area contributed by atoms with Crippen LogP contribution < -0.4 is 5.32 Å². The lowest BCUT2D eigenvalue weighted by Crippen LogP contribution is -2.26. The molecule has 4 nitrogen and oxygen atoms in total. The summed E-state index contributed by atoms with van der Waals surface area (Å²) in [7, 11) is 0. The van der Waals surface area contributed by atoms with Crippen LogP contribution in [0, 0.1) is 5.82 Å². The van der Waals surface area contributed by atoms with Crippen LogP contribution in [-0.2, 0) is 11.3 Å². The van der Waals surface area contributed by atoms with E-state index >= 15 is 0 Å². The summed E-state index contributed by atoms with van der Waals surface area (Å²) in [6.45, 7) is 0.384. The molecule has 1 aliphatic carbocycles. The van der Waals surface area contributed by atoms with Gasteiger partial charge in [0.05, 0.1) is 5.56 Å². The minimum Gasteiger partial charge on any atom is -0.449 e. The summed E-state index contributed by atoms with van der Waals surface area (Å²) in [5, 5.41) is 2.78. The van der Waals surface area contributed by atoms with Gasteiger partial charge in [0.15, 0.2) is 6.29 Å². The van der Waals surface area contributed by atoms with E-state index in [1.807, 2.05) is 36.4 Å². The van der Waals surface area contributed by atoms with Crippen molar-refractivity contribution in [3.63, 3.8) is 0 Å². The molecule has 0 saturated carbocycles. The number of aldehydes is 1. The molecule has 4 aromatic rings. The Morgan fingerprint density at radius 3 is 2.06 bits per heavy atom. The number of ether oxygens (including phenoxy) is 1. The summed E-state index contributed by atoms with van der Waals surface area (Å²) >= 11 is 0. The van der Waals surface area contributed by atoms with Crippen molar-refractivity contribution in [2.45, 2.75) is 12.5 Å². The Morgan fingerprint density at radius 2 is 1.38 bits per heavy atom. The van der Waals surface area contributed by atoms with E-state index in [2.05, 4.69) is 29.6 Å². The van der Waals surface area contributed by atoms with E-state index in [4.69, 9.17) is 4.74 Å². The number of halogens is 1. The third kappa shape index (κ3) is 3.97. The maximum Gasteiger partial charge on any atom is 0.407 e. The topological polar surface area (TPSA) is 55.4 Å². The summed E-state index contributed by atoms with van der Waals surface area (Å²) in [6.07, 6.45) is -0.0464. The molecule has 0 radical (unpaired) electrons. The molecule has 0 bridgehead atoms. The molecule has 0 saturated heterocycles. The fourth-order valence-electron chi connectivity index (χ4n) is 4.60. The molecule has 0 unspecified atom stereocenters. The highest BCUT2D eigenvalue weighted by Gasteiger charge is 2.29. The number of carbonyl (C=O) groups is 2. The number of alkyl carbamates (subject to hydrolysis) is 1. The van der Waals surface area contributed by atoms with Crippen molar-refractivity contribution in [3.05, 3.63) is 119 Å². The van der Waals surface area contributed by atoms with E-state index in [0.717, 1.165) is 16.7 Å². The lowest BCUT2D eigenvalue weighted by molar-refractivity contribution is 0.111. The van der Waals surface area contributed by atoms with Gasteiger partial charge >= 0.3 is 6.09 Å². The van der Waals surface area contributed by atoms with Crippen LogP contribution in [0.4, 0.5) is 9.18 Å². The van der Waals surface area contributed by atoms with Crippen LogP contribution in [0.25, 0.3) is 22.3 Å². The van der Waals surface area contributed by atoms with Crippen molar-refractivity contribution in [2.75, 3.05) is 6.61 Å². The van der Waals surface area contributed by atoms with Gasteiger partial charge in [0.25, 0.3) is 0 Å². The molecule has 0 heterocycles. The Kier molecular flexibility index (Phi) is 5.91. The van der Waals surface area contributed by atoms with Gasteiger partial charge in [-0.25, -0.2) is 9.18 Å². The minimum atomic E-state index is -0.578. The van der Waals surface area contributed by atoms with Crippen molar-refractivity contribution in [1.82, 2.24) is 5.32 Å². The van der Waals surface area contributed by atoms with Crippen LogP contribution in [0.3, 0.4) is 0 Å². The summed E-state index contributed by atoms with van der Waals surface area (Å²) in [5.74, 6) is -0.600. The second-order valence-electron chi connectivity index (χ2n) is 8.16. The first kappa shape index (κ1) is 21.6. The zero-order valence-corrected chi connectivity index (χ0v) is 18.3. The first-order chi connectivity index (χ1) is 16.7. The van der Waals surface area contributed by atoms with Crippen LogP contribution in [0.1, 0.15) is 33.0 Å². The molecule has 34 heavy (non-hydrogen) atoms. The van der Waals surface area contributed by atoms with Gasteiger partial charge in [0.1, 0.15) is 12.4 Å². The Morgan fingerprint density at radius 1 is 0.794 bits per heavy atom. The molecule has 5 heteroatoms. The Labute approximate surface area is 197 Å². The molecule has 1 aliphatic rings. The Balaban J connectivity index is 1.29. The van der Waals surface area contributed by atoms with Gasteiger partial charge in [-0.2, -0.15) is 0 Å². The standard InChI is InChI=1S/C29H22FNO3/c30-28-20(17-32)9-7-15-26(28)21-10-2-1-8-19(21)16-31-29(33)34-18-27-24-13-5-3-11-22(24)23-12-4-6-14-25(23)27/h1-15,17,27H,16,18H2,(H,31,33). The highest BCUT2D eigenvalue weighted by atomic mass is 19.1. The number of fused-ring (bicyclic) bond motifs is 3. The monoisotopic (exact) mass is 451 g/mol. The highest BCUT2D eigenvalue weighted by molar-refractivity contribution is 5.81. The number of nitrogens with one attached hydrogen (secondary N) is 1. The van der Waals surface area contributed by atoms with Crippen LogP contribution in [-0.4, -0.2) is 19.0 Å². The zero-order valence-electron chi connectivity index (χ0n) is 18.3. The molecule has 168 valence electrons. The molecule has 0 aromatic heterocycles. The van der Waals surface area contributed by atoms with Gasteiger partial charge in [0.2, 0.25) is 0 Å². The summed E-state index contributed by atoms with van der Waals surface area (Å²) in [6, 6.07) is 28.2. The van der Waals surface area contributed by atoms with Crippen LogP contribution in [0.5, 0.6) is 0 Å². The van der Waals surface area contributed by atoms with E-state index in [9.17, 15) is 14.0 Å². The number of rotatable bonds is 6.